The maximum atomic E-state index is 13.1. The number of hydrogen-bond donors (Lipinski definition) is 1. The summed E-state index contributed by atoms with van der Waals surface area (Å²) in [6.45, 7) is 2.09. The highest BCUT2D eigenvalue weighted by atomic mass is 32.2. The van der Waals surface area contributed by atoms with Crippen LogP contribution in [0.3, 0.4) is 0 Å². The van der Waals surface area contributed by atoms with Crippen LogP contribution in [0.15, 0.2) is 23.1 Å². The summed E-state index contributed by atoms with van der Waals surface area (Å²) in [5.74, 6) is 0.105. The lowest BCUT2D eigenvalue weighted by Gasteiger charge is -2.03. The van der Waals surface area contributed by atoms with Gasteiger partial charge >= 0.3 is 0 Å². The number of nitrogen functional groups attached to an aromatic ring is 1. The van der Waals surface area contributed by atoms with E-state index in [9.17, 15) is 8.60 Å². The van der Waals surface area contributed by atoms with Crippen LogP contribution >= 0.6 is 0 Å². The average Bonchev–Trinajstić information content (AvgIpc) is 2.22. The van der Waals surface area contributed by atoms with Crippen LogP contribution in [-0.4, -0.2) is 9.96 Å². The zero-order valence-corrected chi connectivity index (χ0v) is 9.65. The van der Waals surface area contributed by atoms with E-state index in [0.717, 1.165) is 19.3 Å². The number of unbranched alkanes of at least 4 members (excludes halogenated alkanes) is 2. The maximum absolute atomic E-state index is 13.1. The lowest BCUT2D eigenvalue weighted by atomic mass is 10.3. The first-order valence-electron chi connectivity index (χ1n) is 5.08. The molecule has 4 heteroatoms. The Bertz CT molecular complexity index is 354. The summed E-state index contributed by atoms with van der Waals surface area (Å²) >= 11 is 0. The number of hydrogen-bond acceptors (Lipinski definition) is 2. The largest absolute Gasteiger partial charge is 0.396 e. The highest BCUT2D eigenvalue weighted by Crippen LogP contribution is 2.15. The van der Waals surface area contributed by atoms with E-state index in [-0.39, 0.29) is 5.69 Å². The highest BCUT2D eigenvalue weighted by Gasteiger charge is 2.06. The van der Waals surface area contributed by atoms with Crippen molar-refractivity contribution in [1.82, 2.24) is 0 Å². The molecule has 0 aliphatic carbocycles. The second-order valence-corrected chi connectivity index (χ2v) is 5.01. The third kappa shape index (κ3) is 3.63. The Morgan fingerprint density at radius 3 is 2.73 bits per heavy atom. The summed E-state index contributed by atoms with van der Waals surface area (Å²) in [6.07, 6.45) is 3.06. The van der Waals surface area contributed by atoms with E-state index in [0.29, 0.717) is 10.6 Å². The predicted octanol–water partition coefficient (Wildman–Crippen LogP) is 2.71. The topological polar surface area (TPSA) is 43.1 Å². The maximum Gasteiger partial charge on any atom is 0.147 e. The number of anilines is 1. The SMILES string of the molecule is CCCCCS(=O)c1ccc(N)c(F)c1. The zero-order chi connectivity index (χ0) is 11.3. The van der Waals surface area contributed by atoms with Gasteiger partial charge in [0.25, 0.3) is 0 Å². The van der Waals surface area contributed by atoms with Gasteiger partial charge in [-0.25, -0.2) is 4.39 Å². The molecule has 15 heavy (non-hydrogen) atoms. The van der Waals surface area contributed by atoms with Gasteiger partial charge in [-0.1, -0.05) is 19.8 Å². The molecule has 0 amide bonds. The Hall–Kier alpha value is -0.900. The van der Waals surface area contributed by atoms with Crippen LogP contribution < -0.4 is 5.73 Å². The molecular formula is C11H16FNOS. The van der Waals surface area contributed by atoms with E-state index in [4.69, 9.17) is 5.73 Å². The Kier molecular flexibility index (Phi) is 4.75. The van der Waals surface area contributed by atoms with Crippen molar-refractivity contribution in [3.63, 3.8) is 0 Å². The van der Waals surface area contributed by atoms with E-state index in [1.54, 1.807) is 6.07 Å². The molecule has 0 bridgehead atoms. The lowest BCUT2D eigenvalue weighted by molar-refractivity contribution is 0.627. The van der Waals surface area contributed by atoms with Crippen molar-refractivity contribution >= 4 is 16.5 Å². The molecule has 0 fully saturated rings. The molecule has 1 aromatic carbocycles. The first-order chi connectivity index (χ1) is 7.15. The lowest BCUT2D eigenvalue weighted by Crippen LogP contribution is -2.00. The molecule has 0 aliphatic heterocycles. The van der Waals surface area contributed by atoms with Gasteiger partial charge in [0, 0.05) is 10.6 Å². The third-order valence-corrected chi connectivity index (χ3v) is 3.61. The fourth-order valence-corrected chi connectivity index (χ4v) is 2.41. The van der Waals surface area contributed by atoms with E-state index >= 15 is 0 Å². The number of nitrogens with two attached hydrogens (primary N) is 1. The van der Waals surface area contributed by atoms with E-state index in [1.807, 2.05) is 0 Å². The standard InChI is InChI=1S/C11H16FNOS/c1-2-3-4-7-15(14)9-5-6-11(13)10(12)8-9/h5-6,8H,2-4,7,13H2,1H3. The van der Waals surface area contributed by atoms with Crippen molar-refractivity contribution in [3.05, 3.63) is 24.0 Å². The predicted molar refractivity (Wildman–Crippen MR) is 61.6 cm³/mol. The molecule has 0 spiro atoms. The van der Waals surface area contributed by atoms with Crippen molar-refractivity contribution < 1.29 is 8.60 Å². The van der Waals surface area contributed by atoms with Gasteiger partial charge in [-0.05, 0) is 24.6 Å². The Labute approximate surface area is 92.1 Å². The van der Waals surface area contributed by atoms with Crippen molar-refractivity contribution in [1.29, 1.82) is 0 Å². The quantitative estimate of drug-likeness (QED) is 0.623. The van der Waals surface area contributed by atoms with E-state index < -0.39 is 16.6 Å². The highest BCUT2D eigenvalue weighted by molar-refractivity contribution is 7.85. The Morgan fingerprint density at radius 2 is 2.13 bits per heavy atom. The van der Waals surface area contributed by atoms with Crippen LogP contribution in [-0.2, 0) is 10.8 Å². The first-order valence-corrected chi connectivity index (χ1v) is 6.40. The van der Waals surface area contributed by atoms with Gasteiger partial charge in [0.15, 0.2) is 0 Å². The second-order valence-electron chi connectivity index (χ2n) is 3.44. The monoisotopic (exact) mass is 229 g/mol. The molecule has 2 nitrogen and oxygen atoms in total. The van der Waals surface area contributed by atoms with Gasteiger partial charge in [0.05, 0.1) is 16.5 Å². The summed E-state index contributed by atoms with van der Waals surface area (Å²) in [4.78, 5) is 0.526. The van der Waals surface area contributed by atoms with Crippen LogP contribution in [0.1, 0.15) is 26.2 Å². The smallest absolute Gasteiger partial charge is 0.147 e. The summed E-state index contributed by atoms with van der Waals surface area (Å²) < 4.78 is 24.8. The summed E-state index contributed by atoms with van der Waals surface area (Å²) in [7, 11) is -1.10. The van der Waals surface area contributed by atoms with Crippen molar-refractivity contribution in [2.45, 2.75) is 31.1 Å². The molecule has 1 rings (SSSR count). The minimum Gasteiger partial charge on any atom is -0.396 e. The van der Waals surface area contributed by atoms with Gasteiger partial charge < -0.3 is 5.73 Å². The minimum atomic E-state index is -1.10. The number of benzene rings is 1. The second kappa shape index (κ2) is 5.85. The van der Waals surface area contributed by atoms with Gasteiger partial charge in [-0.3, -0.25) is 4.21 Å². The Balaban J connectivity index is 2.62. The molecule has 0 heterocycles. The third-order valence-electron chi connectivity index (χ3n) is 2.17. The molecule has 1 aromatic rings. The van der Waals surface area contributed by atoms with Crippen LogP contribution in [0.4, 0.5) is 10.1 Å². The van der Waals surface area contributed by atoms with Gasteiger partial charge in [-0.2, -0.15) is 0 Å². The molecule has 0 radical (unpaired) electrons. The Morgan fingerprint density at radius 1 is 1.40 bits per heavy atom. The fourth-order valence-electron chi connectivity index (χ4n) is 1.25. The molecule has 0 saturated carbocycles. The van der Waals surface area contributed by atoms with Crippen LogP contribution in [0, 0.1) is 5.82 Å². The van der Waals surface area contributed by atoms with E-state index in [2.05, 4.69) is 6.92 Å². The van der Waals surface area contributed by atoms with Gasteiger partial charge in [-0.15, -0.1) is 0 Å². The minimum absolute atomic E-state index is 0.101. The molecule has 0 saturated heterocycles. The van der Waals surface area contributed by atoms with Crippen LogP contribution in [0.25, 0.3) is 0 Å². The molecule has 0 aliphatic rings. The molecule has 0 aromatic heterocycles. The average molecular weight is 229 g/mol. The number of halogens is 1. The molecule has 1 unspecified atom stereocenters. The van der Waals surface area contributed by atoms with Crippen LogP contribution in [0.2, 0.25) is 0 Å². The van der Waals surface area contributed by atoms with Gasteiger partial charge in [0.2, 0.25) is 0 Å². The van der Waals surface area contributed by atoms with Crippen LogP contribution in [0.5, 0.6) is 0 Å². The molecule has 2 N–H and O–H groups in total. The zero-order valence-electron chi connectivity index (χ0n) is 8.83. The first kappa shape index (κ1) is 12.2. The fraction of sp³-hybridized carbons (Fsp3) is 0.455. The molecule has 84 valence electrons. The summed E-state index contributed by atoms with van der Waals surface area (Å²) in [5.41, 5.74) is 5.44. The molecule has 1 atom stereocenters. The summed E-state index contributed by atoms with van der Waals surface area (Å²) in [5, 5.41) is 0. The van der Waals surface area contributed by atoms with Crippen molar-refractivity contribution in [2.75, 3.05) is 11.5 Å². The summed E-state index contributed by atoms with van der Waals surface area (Å²) in [6, 6.07) is 4.35. The van der Waals surface area contributed by atoms with Crippen molar-refractivity contribution in [3.8, 4) is 0 Å². The van der Waals surface area contributed by atoms with E-state index in [1.165, 1.54) is 12.1 Å². The van der Waals surface area contributed by atoms with Gasteiger partial charge in [0.1, 0.15) is 5.82 Å². The molecular weight excluding hydrogens is 213 g/mol. The normalized spacial score (nSPS) is 12.7. The number of rotatable bonds is 5. The van der Waals surface area contributed by atoms with Crippen molar-refractivity contribution in [2.24, 2.45) is 0 Å².